The normalized spacial score (nSPS) is 46.3. The number of rotatable bonds is 6. The second-order valence-corrected chi connectivity index (χ2v) is 7.65. The van der Waals surface area contributed by atoms with Gasteiger partial charge in [-0.15, -0.1) is 34.8 Å². The van der Waals surface area contributed by atoms with Crippen LogP contribution in [0.25, 0.3) is 0 Å². The van der Waals surface area contributed by atoms with Crippen LogP contribution in [0.1, 0.15) is 13.3 Å². The molecule has 9 unspecified atom stereocenters. The van der Waals surface area contributed by atoms with Gasteiger partial charge in [0.2, 0.25) is 5.79 Å². The molecule has 1 saturated carbocycles. The average Bonchev–Trinajstić information content (AvgIpc) is 2.86. The maximum absolute atomic E-state index is 11.0. The highest BCUT2D eigenvalue weighted by Crippen LogP contribution is 2.39. The van der Waals surface area contributed by atoms with Crippen molar-refractivity contribution in [2.24, 2.45) is 5.92 Å². The predicted molar refractivity (Wildman–Crippen MR) is 92.3 cm³/mol. The molecule has 152 valence electrons. The van der Waals surface area contributed by atoms with Gasteiger partial charge < -0.3 is 34.6 Å². The summed E-state index contributed by atoms with van der Waals surface area (Å²) in [5.41, 5.74) is 0. The van der Waals surface area contributed by atoms with Crippen LogP contribution in [-0.2, 0) is 19.0 Å². The molecular weight excluding hydrogens is 415 g/mol. The highest BCUT2D eigenvalue weighted by molar-refractivity contribution is 6.21. The highest BCUT2D eigenvalue weighted by atomic mass is 35.5. The Bertz CT molecular complexity index is 498. The monoisotopic (exact) mass is 436 g/mol. The Morgan fingerprint density at radius 1 is 1.19 bits per heavy atom. The van der Waals surface area contributed by atoms with Crippen molar-refractivity contribution in [2.45, 2.75) is 61.1 Å². The van der Waals surface area contributed by atoms with Crippen molar-refractivity contribution in [1.29, 1.82) is 0 Å². The molecule has 0 radical (unpaired) electrons. The van der Waals surface area contributed by atoms with Crippen molar-refractivity contribution in [1.82, 2.24) is 0 Å². The van der Waals surface area contributed by atoms with E-state index in [1.807, 2.05) is 0 Å². The minimum absolute atomic E-state index is 0.0721. The second-order valence-electron chi connectivity index (χ2n) is 6.57. The molecule has 0 aromatic carbocycles. The summed E-state index contributed by atoms with van der Waals surface area (Å²) in [6, 6.07) is 0. The van der Waals surface area contributed by atoms with E-state index in [4.69, 9.17) is 49.0 Å². The number of esters is 1. The SMILES string of the molecule is CC(=O)OCC1CC(OC2(CCl)OC(CCl)C(O)C2O)C(O)C(O)C1Cl. The third-order valence-corrected chi connectivity index (χ3v) is 6.03. The summed E-state index contributed by atoms with van der Waals surface area (Å²) in [7, 11) is 0. The van der Waals surface area contributed by atoms with Gasteiger partial charge in [-0.05, 0) is 6.42 Å². The fraction of sp³-hybridized carbons (Fsp3) is 0.933. The van der Waals surface area contributed by atoms with Crippen LogP contribution in [0.5, 0.6) is 0 Å². The van der Waals surface area contributed by atoms with Gasteiger partial charge in [-0.3, -0.25) is 4.79 Å². The molecule has 1 aliphatic carbocycles. The molecule has 2 fully saturated rings. The molecule has 1 saturated heterocycles. The topological polar surface area (TPSA) is 126 Å². The Labute approximate surface area is 165 Å². The maximum Gasteiger partial charge on any atom is 0.302 e. The number of carbonyl (C=O) groups excluding carboxylic acids is 1. The van der Waals surface area contributed by atoms with Gasteiger partial charge in [0, 0.05) is 12.8 Å². The van der Waals surface area contributed by atoms with E-state index in [-0.39, 0.29) is 24.8 Å². The van der Waals surface area contributed by atoms with E-state index in [0.717, 1.165) is 0 Å². The summed E-state index contributed by atoms with van der Waals surface area (Å²) in [6.45, 7) is 1.17. The largest absolute Gasteiger partial charge is 0.466 e. The number of carbonyl (C=O) groups is 1. The Hall–Kier alpha value is 0.1000. The molecule has 4 N–H and O–H groups in total. The molecule has 0 amide bonds. The van der Waals surface area contributed by atoms with E-state index < -0.39 is 59.7 Å². The summed E-state index contributed by atoms with van der Waals surface area (Å²) in [5, 5.41) is 40.0. The van der Waals surface area contributed by atoms with Crippen molar-refractivity contribution in [2.75, 3.05) is 18.4 Å². The lowest BCUT2D eigenvalue weighted by molar-refractivity contribution is -0.289. The first-order valence-corrected chi connectivity index (χ1v) is 9.64. The molecular formula is C15H23Cl3O8. The number of ether oxygens (including phenoxy) is 3. The zero-order valence-corrected chi connectivity index (χ0v) is 16.3. The van der Waals surface area contributed by atoms with Gasteiger partial charge in [-0.2, -0.15) is 0 Å². The van der Waals surface area contributed by atoms with Crippen molar-refractivity contribution in [3.63, 3.8) is 0 Å². The van der Waals surface area contributed by atoms with E-state index in [1.165, 1.54) is 6.92 Å². The molecule has 0 aromatic heterocycles. The Morgan fingerprint density at radius 3 is 2.35 bits per heavy atom. The van der Waals surface area contributed by atoms with Crippen molar-refractivity contribution in [3.8, 4) is 0 Å². The molecule has 9 atom stereocenters. The van der Waals surface area contributed by atoms with E-state index in [9.17, 15) is 25.2 Å². The summed E-state index contributed by atoms with van der Waals surface area (Å²) in [5.74, 6) is -3.28. The number of hydrogen-bond acceptors (Lipinski definition) is 8. The van der Waals surface area contributed by atoms with Gasteiger partial charge in [0.15, 0.2) is 0 Å². The Morgan fingerprint density at radius 2 is 1.85 bits per heavy atom. The van der Waals surface area contributed by atoms with Crippen LogP contribution >= 0.6 is 34.8 Å². The van der Waals surface area contributed by atoms with Crippen molar-refractivity contribution < 1.29 is 39.4 Å². The van der Waals surface area contributed by atoms with Gasteiger partial charge >= 0.3 is 5.97 Å². The van der Waals surface area contributed by atoms with Crippen LogP contribution < -0.4 is 0 Å². The van der Waals surface area contributed by atoms with E-state index in [0.29, 0.717) is 0 Å². The van der Waals surface area contributed by atoms with Gasteiger partial charge in [-0.1, -0.05) is 0 Å². The quantitative estimate of drug-likeness (QED) is 0.326. The molecule has 11 heteroatoms. The molecule has 0 bridgehead atoms. The molecule has 26 heavy (non-hydrogen) atoms. The zero-order valence-electron chi connectivity index (χ0n) is 14.0. The third kappa shape index (κ3) is 4.39. The van der Waals surface area contributed by atoms with Gasteiger partial charge in [-0.25, -0.2) is 0 Å². The van der Waals surface area contributed by atoms with Crippen LogP contribution in [0.2, 0.25) is 0 Å². The number of alkyl halides is 3. The zero-order chi connectivity index (χ0) is 19.6. The fourth-order valence-electron chi connectivity index (χ4n) is 3.23. The van der Waals surface area contributed by atoms with Crippen LogP contribution in [0.4, 0.5) is 0 Å². The third-order valence-electron chi connectivity index (χ3n) is 4.74. The summed E-state index contributed by atoms with van der Waals surface area (Å²) in [4.78, 5) is 11.0. The predicted octanol–water partition coefficient (Wildman–Crippen LogP) is -0.422. The number of aliphatic hydroxyl groups excluding tert-OH is 4. The smallest absolute Gasteiger partial charge is 0.302 e. The van der Waals surface area contributed by atoms with E-state index in [1.54, 1.807) is 0 Å². The lowest BCUT2D eigenvalue weighted by atomic mass is 9.83. The summed E-state index contributed by atoms with van der Waals surface area (Å²) >= 11 is 17.8. The fourth-order valence-corrected chi connectivity index (χ4v) is 4.09. The highest BCUT2D eigenvalue weighted by Gasteiger charge is 2.57. The van der Waals surface area contributed by atoms with E-state index >= 15 is 0 Å². The van der Waals surface area contributed by atoms with Gasteiger partial charge in [0.1, 0.15) is 24.4 Å². The van der Waals surface area contributed by atoms with Crippen LogP contribution in [0.15, 0.2) is 0 Å². The molecule has 2 rings (SSSR count). The molecule has 1 aliphatic heterocycles. The molecule has 0 spiro atoms. The Kier molecular flexibility index (Phi) is 7.81. The van der Waals surface area contributed by atoms with Crippen LogP contribution in [0, 0.1) is 5.92 Å². The number of hydrogen-bond donors (Lipinski definition) is 4. The van der Waals surface area contributed by atoms with Gasteiger partial charge in [0.05, 0.1) is 36.0 Å². The molecule has 1 heterocycles. The Balaban J connectivity index is 2.16. The van der Waals surface area contributed by atoms with E-state index in [2.05, 4.69) is 0 Å². The minimum atomic E-state index is -1.81. The van der Waals surface area contributed by atoms with Crippen molar-refractivity contribution in [3.05, 3.63) is 0 Å². The number of aliphatic hydroxyl groups is 4. The molecule has 8 nitrogen and oxygen atoms in total. The first-order chi connectivity index (χ1) is 12.2. The first-order valence-electron chi connectivity index (χ1n) is 8.14. The van der Waals surface area contributed by atoms with Crippen LogP contribution in [0.3, 0.4) is 0 Å². The summed E-state index contributed by atoms with van der Waals surface area (Å²) in [6.07, 6.45) is -7.42. The van der Waals surface area contributed by atoms with Gasteiger partial charge in [0.25, 0.3) is 0 Å². The molecule has 0 aromatic rings. The molecule has 2 aliphatic rings. The van der Waals surface area contributed by atoms with Crippen molar-refractivity contribution >= 4 is 40.8 Å². The lowest BCUT2D eigenvalue weighted by Gasteiger charge is -2.43. The minimum Gasteiger partial charge on any atom is -0.466 e. The number of halogens is 3. The maximum atomic E-state index is 11.0. The lowest BCUT2D eigenvalue weighted by Crippen LogP contribution is -2.58. The first kappa shape index (κ1) is 22.4. The summed E-state index contributed by atoms with van der Waals surface area (Å²) < 4.78 is 16.2. The van der Waals surface area contributed by atoms with Crippen LogP contribution in [-0.4, -0.2) is 92.6 Å². The second kappa shape index (κ2) is 9.07. The standard InChI is InChI=1S/C15H23Cl3O8/c1-6(19)24-4-7-2-8(11(20)13(22)10(7)18)25-15(5-17)14(23)12(21)9(3-16)26-15/h7-14,20-23H,2-5H2,1H3. The average molecular weight is 438 g/mol.